The van der Waals surface area contributed by atoms with E-state index in [9.17, 15) is 14.4 Å². The van der Waals surface area contributed by atoms with Crippen LogP contribution in [0.3, 0.4) is 0 Å². The van der Waals surface area contributed by atoms with Crippen LogP contribution in [0.1, 0.15) is 62.5 Å². The van der Waals surface area contributed by atoms with Crippen molar-refractivity contribution in [3.8, 4) is 5.75 Å². The van der Waals surface area contributed by atoms with Gasteiger partial charge in [0, 0.05) is 51.8 Å². The number of aryl methyl sites for hydroxylation is 4. The molecule has 1 aliphatic heterocycles. The fraction of sp³-hybridized carbons (Fsp3) is 0.359. The van der Waals surface area contributed by atoms with Gasteiger partial charge in [-0.2, -0.15) is 5.10 Å². The van der Waals surface area contributed by atoms with Crippen LogP contribution in [-0.2, 0) is 30.8 Å². The molecule has 56 heavy (non-hydrogen) atoms. The van der Waals surface area contributed by atoms with Crippen molar-refractivity contribution in [3.63, 3.8) is 0 Å². The van der Waals surface area contributed by atoms with Crippen LogP contribution in [0.15, 0.2) is 59.0 Å². The third-order valence-electron chi connectivity index (χ3n) is 9.49. The standard InChI is InChI=1S/C39H45N11O6/c1-5-27-34(56-25(4)41-27)37(53)45-39-43-29-22-26(35(40)51)23-32(55-20-17-47-15-18-54-19-16-47)33(29)49(39)14-10-9-13-48-30-12-8-7-11-28(30)42-38(48)44-36(52)31-21-24(3)46-50(31)6-2/h7-12,21-23H,5-6,13-20H2,1-4H3,(H2,40,51)(H,42,44,52)(H,43,45,53)/b10-9+. The Balaban J connectivity index is 1.21. The normalized spacial score (nSPS) is 13.6. The maximum atomic E-state index is 13.6. The van der Waals surface area contributed by atoms with Crippen molar-refractivity contribution >= 4 is 51.7 Å². The fourth-order valence-corrected chi connectivity index (χ4v) is 6.76. The number of hydrogen-bond donors (Lipinski definition) is 3. The minimum atomic E-state index is -0.639. The molecular weight excluding hydrogens is 718 g/mol. The number of imidazole rings is 2. The summed E-state index contributed by atoms with van der Waals surface area (Å²) in [6.07, 6.45) is 4.35. The Bertz CT molecular complexity index is 2430. The number of benzene rings is 2. The lowest BCUT2D eigenvalue weighted by atomic mass is 10.1. The molecule has 5 heterocycles. The Morgan fingerprint density at radius 2 is 1.62 bits per heavy atom. The molecule has 17 heteroatoms. The van der Waals surface area contributed by atoms with Crippen molar-refractivity contribution in [3.05, 3.63) is 88.9 Å². The molecule has 0 saturated carbocycles. The summed E-state index contributed by atoms with van der Waals surface area (Å²) >= 11 is 0. The van der Waals surface area contributed by atoms with E-state index < -0.39 is 11.8 Å². The SMILES string of the molecule is CCc1nc(C)oc1C(=O)Nc1nc2cc(C(N)=O)cc(OCCN3CCOCC3)c2n1C/C=C/Cn1c(NC(=O)c2cc(C)nn2CC)nc2ccccc21. The van der Waals surface area contributed by atoms with Crippen LogP contribution in [0.4, 0.5) is 11.9 Å². The number of ether oxygens (including phenoxy) is 2. The van der Waals surface area contributed by atoms with Crippen LogP contribution in [0.25, 0.3) is 22.1 Å². The zero-order valence-corrected chi connectivity index (χ0v) is 31.9. The van der Waals surface area contributed by atoms with Gasteiger partial charge in [0.25, 0.3) is 11.8 Å². The van der Waals surface area contributed by atoms with Gasteiger partial charge in [-0.15, -0.1) is 0 Å². The second-order valence-corrected chi connectivity index (χ2v) is 13.3. The van der Waals surface area contributed by atoms with Crippen LogP contribution >= 0.6 is 0 Å². The summed E-state index contributed by atoms with van der Waals surface area (Å²) in [6.45, 7) is 12.3. The summed E-state index contributed by atoms with van der Waals surface area (Å²) in [4.78, 5) is 55.6. The van der Waals surface area contributed by atoms with Gasteiger partial charge in [0.1, 0.15) is 23.6 Å². The van der Waals surface area contributed by atoms with E-state index >= 15 is 0 Å². The van der Waals surface area contributed by atoms with Crippen molar-refractivity contribution in [2.75, 3.05) is 50.1 Å². The molecule has 4 N–H and O–H groups in total. The maximum Gasteiger partial charge on any atom is 0.295 e. The molecule has 2 aromatic carbocycles. The first-order valence-electron chi connectivity index (χ1n) is 18.6. The number of morpholine rings is 1. The average Bonchev–Trinajstić information content (AvgIpc) is 3.96. The van der Waals surface area contributed by atoms with Gasteiger partial charge in [-0.1, -0.05) is 31.2 Å². The highest BCUT2D eigenvalue weighted by Gasteiger charge is 2.24. The predicted molar refractivity (Wildman–Crippen MR) is 209 cm³/mol. The number of anilines is 2. The molecule has 1 saturated heterocycles. The number of amides is 3. The van der Waals surface area contributed by atoms with Crippen LogP contribution in [0.2, 0.25) is 0 Å². The van der Waals surface area contributed by atoms with E-state index in [1.807, 2.05) is 61.8 Å². The zero-order valence-electron chi connectivity index (χ0n) is 31.9. The third kappa shape index (κ3) is 8.04. The number of fused-ring (bicyclic) bond motifs is 2. The molecular formula is C39H45N11O6. The maximum absolute atomic E-state index is 13.6. The lowest BCUT2D eigenvalue weighted by Crippen LogP contribution is -2.38. The van der Waals surface area contributed by atoms with Gasteiger partial charge in [-0.05, 0) is 50.6 Å². The monoisotopic (exact) mass is 763 g/mol. The highest BCUT2D eigenvalue weighted by molar-refractivity contribution is 6.04. The number of carbonyl (C=O) groups excluding carboxylic acids is 3. The Hall–Kier alpha value is -6.33. The zero-order chi connectivity index (χ0) is 39.3. The van der Waals surface area contributed by atoms with Crippen molar-refractivity contribution in [1.82, 2.24) is 38.8 Å². The molecule has 6 aromatic rings. The van der Waals surface area contributed by atoms with Crippen molar-refractivity contribution < 1.29 is 28.3 Å². The lowest BCUT2D eigenvalue weighted by Gasteiger charge is -2.26. The smallest absolute Gasteiger partial charge is 0.295 e. The molecule has 0 unspecified atom stereocenters. The van der Waals surface area contributed by atoms with Gasteiger partial charge in [-0.25, -0.2) is 15.0 Å². The number of nitrogens with zero attached hydrogens (tertiary/aromatic N) is 8. The Morgan fingerprint density at radius 1 is 0.911 bits per heavy atom. The van der Waals surface area contributed by atoms with Crippen LogP contribution in [-0.4, -0.2) is 95.9 Å². The first kappa shape index (κ1) is 38.0. The topological polar surface area (TPSA) is 202 Å². The number of primary amides is 1. The largest absolute Gasteiger partial charge is 0.490 e. The minimum Gasteiger partial charge on any atom is -0.490 e. The van der Waals surface area contributed by atoms with E-state index in [2.05, 4.69) is 25.6 Å². The number of aromatic nitrogens is 7. The molecule has 3 amide bonds. The molecule has 7 rings (SSSR count). The molecule has 0 atom stereocenters. The molecule has 292 valence electrons. The number of rotatable bonds is 15. The van der Waals surface area contributed by atoms with Gasteiger partial charge in [0.05, 0.1) is 41.2 Å². The van der Waals surface area contributed by atoms with E-state index in [1.54, 1.807) is 34.4 Å². The molecule has 0 bridgehead atoms. The van der Waals surface area contributed by atoms with Crippen LogP contribution in [0, 0.1) is 13.8 Å². The van der Waals surface area contributed by atoms with Gasteiger partial charge < -0.3 is 28.8 Å². The van der Waals surface area contributed by atoms with Gasteiger partial charge in [0.15, 0.2) is 5.89 Å². The third-order valence-corrected chi connectivity index (χ3v) is 9.49. The number of nitrogens with one attached hydrogen (secondary N) is 2. The molecule has 0 spiro atoms. The van der Waals surface area contributed by atoms with Gasteiger partial charge in [-0.3, -0.25) is 34.6 Å². The summed E-state index contributed by atoms with van der Waals surface area (Å²) in [7, 11) is 0. The molecule has 4 aromatic heterocycles. The summed E-state index contributed by atoms with van der Waals surface area (Å²) in [5.41, 5.74) is 10.2. The first-order chi connectivity index (χ1) is 27.1. The number of allylic oxidation sites excluding steroid dienone is 2. The molecule has 0 radical (unpaired) electrons. The van der Waals surface area contributed by atoms with E-state index in [0.29, 0.717) is 85.9 Å². The second-order valence-electron chi connectivity index (χ2n) is 13.3. The van der Waals surface area contributed by atoms with Crippen molar-refractivity contribution in [1.29, 1.82) is 0 Å². The van der Waals surface area contributed by atoms with Gasteiger partial charge >= 0.3 is 0 Å². The number of oxazole rings is 1. The minimum absolute atomic E-state index is 0.0951. The lowest BCUT2D eigenvalue weighted by molar-refractivity contribution is 0.0323. The average molecular weight is 764 g/mol. The summed E-state index contributed by atoms with van der Waals surface area (Å²) in [5, 5.41) is 10.3. The van der Waals surface area contributed by atoms with Crippen molar-refractivity contribution in [2.45, 2.75) is 53.8 Å². The van der Waals surface area contributed by atoms with Crippen LogP contribution in [0.5, 0.6) is 5.75 Å². The van der Waals surface area contributed by atoms with E-state index in [-0.39, 0.29) is 29.7 Å². The first-order valence-corrected chi connectivity index (χ1v) is 18.6. The number of para-hydroxylation sites is 2. The highest BCUT2D eigenvalue weighted by atomic mass is 16.5. The molecule has 0 aliphatic carbocycles. The Labute approximate surface area is 322 Å². The fourth-order valence-electron chi connectivity index (χ4n) is 6.76. The van der Waals surface area contributed by atoms with Crippen LogP contribution < -0.4 is 21.1 Å². The summed E-state index contributed by atoms with van der Waals surface area (Å²) < 4.78 is 22.9. The van der Waals surface area contributed by atoms with E-state index in [1.165, 1.54) is 0 Å². The quantitative estimate of drug-likeness (QED) is 0.126. The summed E-state index contributed by atoms with van der Waals surface area (Å²) in [5.74, 6) is -0.0264. The predicted octanol–water partition coefficient (Wildman–Crippen LogP) is 4.34. The number of carbonyl (C=O) groups is 3. The summed E-state index contributed by atoms with van der Waals surface area (Å²) in [6, 6.07) is 12.6. The van der Waals surface area contributed by atoms with E-state index in [0.717, 1.165) is 29.8 Å². The molecule has 1 fully saturated rings. The number of hydrogen-bond acceptors (Lipinski definition) is 11. The van der Waals surface area contributed by atoms with E-state index in [4.69, 9.17) is 29.6 Å². The number of nitrogens with two attached hydrogens (primary N) is 1. The second kappa shape index (κ2) is 16.6. The van der Waals surface area contributed by atoms with Gasteiger partial charge in [0.2, 0.25) is 23.6 Å². The highest BCUT2D eigenvalue weighted by Crippen LogP contribution is 2.32. The molecule has 17 nitrogen and oxygen atoms in total. The Morgan fingerprint density at radius 3 is 2.38 bits per heavy atom. The Kier molecular flexibility index (Phi) is 11.2. The molecule has 1 aliphatic rings. The van der Waals surface area contributed by atoms with Crippen molar-refractivity contribution in [2.24, 2.45) is 5.73 Å².